The molecular formula is C24H28ClF2N3O4S. The number of sulfonamides is 1. The fraction of sp³-hybridized carbons (Fsp3) is 0.458. The van der Waals surface area contributed by atoms with Gasteiger partial charge in [-0.05, 0) is 63.1 Å². The number of carbonyl (C=O) groups excluding carboxylic acids is 1. The lowest BCUT2D eigenvalue weighted by molar-refractivity contribution is -0.0231. The second kappa shape index (κ2) is 10.3. The quantitative estimate of drug-likeness (QED) is 0.587. The van der Waals surface area contributed by atoms with Gasteiger partial charge in [0.05, 0.1) is 41.9 Å². The topological polar surface area (TPSA) is 70.2 Å². The zero-order valence-electron chi connectivity index (χ0n) is 19.5. The van der Waals surface area contributed by atoms with E-state index < -0.39 is 33.4 Å². The Balaban J connectivity index is 1.71. The summed E-state index contributed by atoms with van der Waals surface area (Å²) in [4.78, 5) is 16.7. The first-order chi connectivity index (χ1) is 16.6. The summed E-state index contributed by atoms with van der Waals surface area (Å²) in [6, 6.07) is 6.91. The van der Waals surface area contributed by atoms with Crippen LogP contribution in [0, 0.1) is 11.6 Å². The van der Waals surface area contributed by atoms with Crippen molar-refractivity contribution in [2.24, 2.45) is 0 Å². The van der Waals surface area contributed by atoms with Crippen molar-refractivity contribution in [2.45, 2.75) is 49.7 Å². The minimum absolute atomic E-state index is 0.0401. The van der Waals surface area contributed by atoms with Gasteiger partial charge in [-0.25, -0.2) is 22.0 Å². The summed E-state index contributed by atoms with van der Waals surface area (Å²) < 4.78 is 63.0. The molecule has 35 heavy (non-hydrogen) atoms. The molecule has 2 aromatic carbocycles. The number of rotatable bonds is 4. The lowest BCUT2D eigenvalue weighted by Gasteiger charge is -2.45. The van der Waals surface area contributed by atoms with Crippen LogP contribution in [0.25, 0.3) is 0 Å². The fourth-order valence-corrected chi connectivity index (χ4v) is 6.56. The van der Waals surface area contributed by atoms with Gasteiger partial charge < -0.3 is 14.5 Å². The Morgan fingerprint density at radius 2 is 1.74 bits per heavy atom. The van der Waals surface area contributed by atoms with E-state index in [1.807, 2.05) is 13.8 Å². The number of morpholine rings is 1. The molecule has 0 N–H and O–H groups in total. The number of nitrogens with zero attached hydrogens (tertiary/aromatic N) is 3. The molecule has 11 heteroatoms. The van der Waals surface area contributed by atoms with Crippen LogP contribution in [-0.4, -0.2) is 68.7 Å². The Kier molecular flexibility index (Phi) is 7.54. The molecule has 4 rings (SSSR count). The number of piperidine rings is 1. The Bertz CT molecular complexity index is 1170. The van der Waals surface area contributed by atoms with E-state index in [2.05, 4.69) is 0 Å². The molecule has 0 spiro atoms. The van der Waals surface area contributed by atoms with Crippen molar-refractivity contribution in [1.82, 2.24) is 9.80 Å². The van der Waals surface area contributed by atoms with Crippen LogP contribution in [0.2, 0.25) is 5.02 Å². The Labute approximate surface area is 209 Å². The number of urea groups is 1. The first kappa shape index (κ1) is 25.7. The summed E-state index contributed by atoms with van der Waals surface area (Å²) in [6.07, 6.45) is 0.883. The van der Waals surface area contributed by atoms with Gasteiger partial charge in [-0.3, -0.25) is 4.31 Å². The Morgan fingerprint density at radius 3 is 2.40 bits per heavy atom. The van der Waals surface area contributed by atoms with Crippen LogP contribution in [0.5, 0.6) is 0 Å². The number of hydrogen-bond acceptors (Lipinski definition) is 4. The van der Waals surface area contributed by atoms with Crippen molar-refractivity contribution in [3.05, 3.63) is 59.1 Å². The zero-order chi connectivity index (χ0) is 25.3. The Hall–Kier alpha value is -2.43. The second-order valence-corrected chi connectivity index (χ2v) is 11.3. The zero-order valence-corrected chi connectivity index (χ0v) is 21.1. The van der Waals surface area contributed by atoms with Gasteiger partial charge in [-0.15, -0.1) is 0 Å². The standard InChI is InChI=1S/C24H28ClF2N3O4S/c1-16-14-34-15-17(2)29(16)24(31)28-11-3-4-20(13-28)30(23-12-19(26)7-10-22(23)27)35(32,33)21-8-5-18(25)6-9-21/h5-10,12,16-17,20H,3-4,11,13-15H2,1-2H3. The van der Waals surface area contributed by atoms with Crippen molar-refractivity contribution in [1.29, 1.82) is 0 Å². The molecule has 3 atom stereocenters. The largest absolute Gasteiger partial charge is 0.377 e. The van der Waals surface area contributed by atoms with E-state index in [1.54, 1.807) is 9.80 Å². The molecule has 2 aromatic rings. The van der Waals surface area contributed by atoms with Crippen LogP contribution in [0.4, 0.5) is 19.3 Å². The van der Waals surface area contributed by atoms with Crippen LogP contribution in [0.15, 0.2) is 47.4 Å². The number of anilines is 1. The molecule has 2 amide bonds. The molecule has 0 saturated carbocycles. The minimum atomic E-state index is -4.31. The average molecular weight is 528 g/mol. The normalized spacial score (nSPS) is 23.3. The smallest absolute Gasteiger partial charge is 0.320 e. The summed E-state index contributed by atoms with van der Waals surface area (Å²) in [5, 5.41) is 0.343. The van der Waals surface area contributed by atoms with Gasteiger partial charge in [-0.2, -0.15) is 0 Å². The number of ether oxygens (including phenoxy) is 1. The number of amides is 2. The van der Waals surface area contributed by atoms with Crippen molar-refractivity contribution >= 4 is 33.3 Å². The summed E-state index contributed by atoms with van der Waals surface area (Å²) >= 11 is 5.93. The lowest BCUT2D eigenvalue weighted by Crippen LogP contribution is -2.60. The summed E-state index contributed by atoms with van der Waals surface area (Å²) in [6.45, 7) is 5.10. The van der Waals surface area contributed by atoms with E-state index in [0.29, 0.717) is 37.6 Å². The summed E-state index contributed by atoms with van der Waals surface area (Å²) in [7, 11) is -4.31. The lowest BCUT2D eigenvalue weighted by atomic mass is 10.0. The highest BCUT2D eigenvalue weighted by Gasteiger charge is 2.40. The molecule has 2 saturated heterocycles. The van der Waals surface area contributed by atoms with Crippen LogP contribution < -0.4 is 4.31 Å². The highest BCUT2D eigenvalue weighted by atomic mass is 35.5. The third-order valence-electron chi connectivity index (χ3n) is 6.40. The molecule has 0 bridgehead atoms. The Morgan fingerprint density at radius 1 is 1.09 bits per heavy atom. The van der Waals surface area contributed by atoms with Gasteiger partial charge >= 0.3 is 6.03 Å². The molecule has 2 fully saturated rings. The van der Waals surface area contributed by atoms with Gasteiger partial charge in [0.25, 0.3) is 10.0 Å². The molecule has 190 valence electrons. The molecule has 0 aromatic heterocycles. The van der Waals surface area contributed by atoms with Crippen LogP contribution in [0.1, 0.15) is 26.7 Å². The maximum atomic E-state index is 14.9. The number of halogens is 3. The molecule has 3 unspecified atom stereocenters. The molecular weight excluding hydrogens is 500 g/mol. The van der Waals surface area contributed by atoms with Gasteiger partial charge in [0.15, 0.2) is 0 Å². The number of carbonyl (C=O) groups is 1. The highest BCUT2D eigenvalue weighted by molar-refractivity contribution is 7.92. The van der Waals surface area contributed by atoms with Crippen LogP contribution in [0.3, 0.4) is 0 Å². The molecule has 0 radical (unpaired) electrons. The maximum absolute atomic E-state index is 14.9. The van der Waals surface area contributed by atoms with Crippen molar-refractivity contribution in [2.75, 3.05) is 30.6 Å². The van der Waals surface area contributed by atoms with Gasteiger partial charge in [0, 0.05) is 24.2 Å². The fourth-order valence-electron chi connectivity index (χ4n) is 4.76. The first-order valence-electron chi connectivity index (χ1n) is 11.5. The van der Waals surface area contributed by atoms with Gasteiger partial charge in [-0.1, -0.05) is 11.6 Å². The average Bonchev–Trinajstić information content (AvgIpc) is 2.81. The molecule has 7 nitrogen and oxygen atoms in total. The predicted molar refractivity (Wildman–Crippen MR) is 129 cm³/mol. The summed E-state index contributed by atoms with van der Waals surface area (Å²) in [5.41, 5.74) is -0.396. The van der Waals surface area contributed by atoms with E-state index in [0.717, 1.165) is 22.5 Å². The van der Waals surface area contributed by atoms with Crippen LogP contribution >= 0.6 is 11.6 Å². The first-order valence-corrected chi connectivity index (χ1v) is 13.3. The number of benzene rings is 2. The van der Waals surface area contributed by atoms with E-state index >= 15 is 0 Å². The number of likely N-dealkylation sites (tertiary alicyclic amines) is 1. The second-order valence-electron chi connectivity index (χ2n) is 9.02. The predicted octanol–water partition coefficient (Wildman–Crippen LogP) is 4.51. The van der Waals surface area contributed by atoms with Crippen molar-refractivity contribution in [3.8, 4) is 0 Å². The van der Waals surface area contributed by atoms with Gasteiger partial charge in [0.2, 0.25) is 0 Å². The van der Waals surface area contributed by atoms with E-state index in [1.165, 1.54) is 24.3 Å². The molecule has 2 heterocycles. The SMILES string of the molecule is CC1COCC(C)N1C(=O)N1CCCC(N(c2cc(F)ccc2F)S(=O)(=O)c2ccc(Cl)cc2)C1. The van der Waals surface area contributed by atoms with E-state index in [4.69, 9.17) is 16.3 Å². The van der Waals surface area contributed by atoms with E-state index in [9.17, 15) is 22.0 Å². The highest BCUT2D eigenvalue weighted by Crippen LogP contribution is 2.33. The molecule has 2 aliphatic rings. The molecule has 0 aliphatic carbocycles. The van der Waals surface area contributed by atoms with Gasteiger partial charge in [0.1, 0.15) is 11.6 Å². The van der Waals surface area contributed by atoms with Crippen LogP contribution in [-0.2, 0) is 14.8 Å². The monoisotopic (exact) mass is 527 g/mol. The van der Waals surface area contributed by atoms with Crippen molar-refractivity contribution < 1.29 is 26.7 Å². The molecule has 2 aliphatic heterocycles. The number of hydrogen-bond donors (Lipinski definition) is 0. The summed E-state index contributed by atoms with van der Waals surface area (Å²) in [5.74, 6) is -1.64. The van der Waals surface area contributed by atoms with Crippen molar-refractivity contribution in [3.63, 3.8) is 0 Å². The third-order valence-corrected chi connectivity index (χ3v) is 8.54. The third kappa shape index (κ3) is 5.24. The maximum Gasteiger partial charge on any atom is 0.320 e. The minimum Gasteiger partial charge on any atom is -0.377 e. The van der Waals surface area contributed by atoms with E-state index in [-0.39, 0.29) is 29.6 Å².